The van der Waals surface area contributed by atoms with Crippen LogP contribution in [0.1, 0.15) is 46.0 Å². The predicted molar refractivity (Wildman–Crippen MR) is 190 cm³/mol. The van der Waals surface area contributed by atoms with Crippen molar-refractivity contribution in [3.63, 3.8) is 0 Å². The van der Waals surface area contributed by atoms with Gasteiger partial charge in [0.25, 0.3) is 0 Å². The number of halogens is 4. The summed E-state index contributed by atoms with van der Waals surface area (Å²) in [6, 6.07) is 5.85. The molecule has 0 saturated heterocycles. The van der Waals surface area contributed by atoms with E-state index < -0.39 is 0 Å². The maximum atomic E-state index is 11.8. The number of hydrogen-bond donors (Lipinski definition) is 2. The van der Waals surface area contributed by atoms with E-state index in [2.05, 4.69) is 104 Å². The van der Waals surface area contributed by atoms with Gasteiger partial charge in [0.1, 0.15) is 11.6 Å². The maximum absolute atomic E-state index is 11.8. The molecule has 4 N–H and O–H groups in total. The van der Waals surface area contributed by atoms with Gasteiger partial charge >= 0.3 is 5.97 Å². The largest absolute Gasteiger partial charge is 0.465 e. The van der Waals surface area contributed by atoms with Crippen molar-refractivity contribution in [2.75, 3.05) is 23.8 Å². The summed E-state index contributed by atoms with van der Waals surface area (Å²) in [5, 5.41) is 0. The first kappa shape index (κ1) is 36.1. The first-order valence-electron chi connectivity index (χ1n) is 12.7. The molecule has 41 heavy (non-hydrogen) atoms. The van der Waals surface area contributed by atoms with Crippen LogP contribution in [0.15, 0.2) is 60.6 Å². The number of thiazole rings is 1. The Morgan fingerprint density at radius 3 is 2.32 bits per heavy atom. The second-order valence-electron chi connectivity index (χ2n) is 8.58. The van der Waals surface area contributed by atoms with E-state index in [9.17, 15) is 4.79 Å². The molecule has 0 radical (unpaired) electrons. The van der Waals surface area contributed by atoms with Crippen LogP contribution < -0.4 is 11.5 Å². The molecule has 4 aromatic rings. The van der Waals surface area contributed by atoms with E-state index in [-0.39, 0.29) is 5.97 Å². The molecule has 0 fully saturated rings. The predicted octanol–water partition coefficient (Wildman–Crippen LogP) is 9.15. The Bertz CT molecular complexity index is 1380. The van der Waals surface area contributed by atoms with Gasteiger partial charge in [-0.25, -0.2) is 19.9 Å². The third-order valence-electron chi connectivity index (χ3n) is 5.43. The molecular formula is C27H32Br3IN6O2S2. The molecule has 0 saturated carbocycles. The SMILES string of the molecule is Brc1cnc2ncsc2c1.CCCCC(CC)COC(=O)CCSc1cc(Br)cnc1N.Nc1ncc(Br)cc1I. The molecule has 4 rings (SSSR count). The molecule has 0 bridgehead atoms. The minimum atomic E-state index is -0.135. The second kappa shape index (κ2) is 20.0. The van der Waals surface area contributed by atoms with E-state index in [1.165, 1.54) is 24.6 Å². The summed E-state index contributed by atoms with van der Waals surface area (Å²) in [6.45, 7) is 4.87. The topological polar surface area (TPSA) is 130 Å². The van der Waals surface area contributed by atoms with Crippen molar-refractivity contribution in [1.29, 1.82) is 0 Å². The van der Waals surface area contributed by atoms with Crippen LogP contribution in [-0.2, 0) is 9.53 Å². The number of pyridine rings is 3. The summed E-state index contributed by atoms with van der Waals surface area (Å²) in [4.78, 5) is 28.8. The number of fused-ring (bicyclic) bond motifs is 1. The molecule has 0 aliphatic rings. The van der Waals surface area contributed by atoms with Gasteiger partial charge < -0.3 is 16.2 Å². The van der Waals surface area contributed by atoms with Gasteiger partial charge in [0, 0.05) is 37.8 Å². The van der Waals surface area contributed by atoms with E-state index in [1.807, 2.05) is 18.2 Å². The van der Waals surface area contributed by atoms with E-state index in [0.717, 1.165) is 45.1 Å². The number of unbranched alkanes of at least 4 members (excludes halogenated alkanes) is 1. The molecule has 222 valence electrons. The number of aromatic nitrogens is 4. The molecule has 1 atom stereocenters. The maximum Gasteiger partial charge on any atom is 0.306 e. The summed E-state index contributed by atoms with van der Waals surface area (Å²) in [6.07, 6.45) is 10.1. The van der Waals surface area contributed by atoms with Gasteiger partial charge in [-0.1, -0.05) is 33.1 Å². The highest BCUT2D eigenvalue weighted by Crippen LogP contribution is 2.27. The van der Waals surface area contributed by atoms with Crippen molar-refractivity contribution in [3.05, 3.63) is 59.3 Å². The Hall–Kier alpha value is -1.07. The Balaban J connectivity index is 0.000000251. The highest BCUT2D eigenvalue weighted by Gasteiger charge is 2.11. The molecule has 0 amide bonds. The number of thioether (sulfide) groups is 1. The van der Waals surface area contributed by atoms with Gasteiger partial charge in [-0.05, 0) is 101 Å². The van der Waals surface area contributed by atoms with Crippen LogP contribution in [0.3, 0.4) is 0 Å². The number of hydrogen-bond acceptors (Lipinski definition) is 10. The normalized spacial score (nSPS) is 11.2. The second-order valence-corrected chi connectivity index (χ2v) is 14.5. The van der Waals surface area contributed by atoms with Crippen LogP contribution in [-0.4, -0.2) is 38.3 Å². The van der Waals surface area contributed by atoms with Crippen LogP contribution in [0.25, 0.3) is 10.3 Å². The third-order valence-corrected chi connectivity index (χ3v) is 9.40. The van der Waals surface area contributed by atoms with Crippen molar-refractivity contribution in [2.45, 2.75) is 50.8 Å². The van der Waals surface area contributed by atoms with Gasteiger partial charge in [-0.15, -0.1) is 23.1 Å². The van der Waals surface area contributed by atoms with Crippen LogP contribution >= 0.6 is 93.5 Å². The lowest BCUT2D eigenvalue weighted by Crippen LogP contribution is -2.14. The highest BCUT2D eigenvalue weighted by atomic mass is 127. The molecule has 0 aliphatic carbocycles. The fourth-order valence-corrected chi connectivity index (χ4v) is 6.90. The number of ether oxygens (including phenoxy) is 1. The smallest absolute Gasteiger partial charge is 0.306 e. The monoisotopic (exact) mass is 900 g/mol. The summed E-state index contributed by atoms with van der Waals surface area (Å²) in [7, 11) is 0. The molecule has 0 aromatic carbocycles. The third kappa shape index (κ3) is 14.3. The van der Waals surface area contributed by atoms with Crippen LogP contribution in [0.4, 0.5) is 11.6 Å². The molecule has 1 unspecified atom stereocenters. The molecule has 8 nitrogen and oxygen atoms in total. The van der Waals surface area contributed by atoms with Crippen molar-refractivity contribution < 1.29 is 9.53 Å². The molecule has 4 aromatic heterocycles. The summed E-state index contributed by atoms with van der Waals surface area (Å²) in [5.74, 6) is 2.07. The number of nitrogens with two attached hydrogens (primary N) is 2. The summed E-state index contributed by atoms with van der Waals surface area (Å²) in [5.41, 5.74) is 13.9. The Kier molecular flexibility index (Phi) is 17.6. The van der Waals surface area contributed by atoms with Gasteiger partial charge in [-0.2, -0.15) is 0 Å². The average molecular weight is 903 g/mol. The minimum Gasteiger partial charge on any atom is -0.465 e. The molecule has 0 spiro atoms. The van der Waals surface area contributed by atoms with Crippen LogP contribution in [0, 0.1) is 9.49 Å². The van der Waals surface area contributed by atoms with Crippen molar-refractivity contribution in [3.8, 4) is 0 Å². The van der Waals surface area contributed by atoms with Gasteiger partial charge in [0.15, 0.2) is 5.65 Å². The minimum absolute atomic E-state index is 0.135. The Morgan fingerprint density at radius 2 is 1.66 bits per heavy atom. The number of rotatable bonds is 10. The van der Waals surface area contributed by atoms with Crippen molar-refractivity contribution in [1.82, 2.24) is 19.9 Å². The molecule has 0 aliphatic heterocycles. The van der Waals surface area contributed by atoms with E-state index in [0.29, 0.717) is 36.3 Å². The molecular weight excluding hydrogens is 871 g/mol. The first-order valence-corrected chi connectivity index (χ1v) is 18.1. The van der Waals surface area contributed by atoms with Gasteiger partial charge in [-0.3, -0.25) is 4.79 Å². The van der Waals surface area contributed by atoms with E-state index in [4.69, 9.17) is 16.2 Å². The van der Waals surface area contributed by atoms with E-state index in [1.54, 1.807) is 35.4 Å². The van der Waals surface area contributed by atoms with Crippen LogP contribution in [0.5, 0.6) is 0 Å². The van der Waals surface area contributed by atoms with Crippen molar-refractivity contribution >= 4 is 121 Å². The first-order chi connectivity index (χ1) is 19.6. The lowest BCUT2D eigenvalue weighted by molar-refractivity contribution is -0.144. The standard InChI is InChI=1S/C16H25BrN2O2S.C6H3BrN2S.C5H4BrIN2/c1-3-5-6-12(4-2)11-21-15(20)7-8-22-14-9-13(17)10-19-16(14)18;7-4-1-5-6(8-2-4)9-3-10-5;6-3-1-4(7)5(8)9-2-3/h9-10,12H,3-8,11H2,1-2H3,(H2,18,19);1-3H;1-2H,(H2,8,9). The fourth-order valence-electron chi connectivity index (χ4n) is 3.13. The number of carbonyl (C=O) groups excluding carboxylic acids is 1. The molecule has 4 heterocycles. The lowest BCUT2D eigenvalue weighted by Gasteiger charge is -2.14. The number of anilines is 2. The average Bonchev–Trinajstić information content (AvgIpc) is 3.41. The Labute approximate surface area is 288 Å². The van der Waals surface area contributed by atoms with Gasteiger partial charge in [0.2, 0.25) is 0 Å². The fraction of sp³-hybridized carbons (Fsp3) is 0.370. The number of carbonyl (C=O) groups is 1. The Morgan fingerprint density at radius 1 is 1.00 bits per heavy atom. The lowest BCUT2D eigenvalue weighted by atomic mass is 10.0. The van der Waals surface area contributed by atoms with Crippen LogP contribution in [0.2, 0.25) is 0 Å². The van der Waals surface area contributed by atoms with Crippen molar-refractivity contribution in [2.24, 2.45) is 5.92 Å². The quantitative estimate of drug-likeness (QED) is 0.0910. The summed E-state index contributed by atoms with van der Waals surface area (Å²) >= 11 is 15.2. The zero-order valence-electron chi connectivity index (χ0n) is 22.7. The zero-order chi connectivity index (χ0) is 30.2. The van der Waals surface area contributed by atoms with Gasteiger partial charge in [0.05, 0.1) is 31.7 Å². The number of esters is 1. The number of nitrogens with zero attached hydrogens (tertiary/aromatic N) is 4. The highest BCUT2D eigenvalue weighted by molar-refractivity contribution is 14.1. The zero-order valence-corrected chi connectivity index (χ0v) is 31.2. The molecule has 14 heteroatoms. The summed E-state index contributed by atoms with van der Waals surface area (Å²) < 4.78 is 10.3. The van der Waals surface area contributed by atoms with E-state index >= 15 is 0 Å². The number of nitrogen functional groups attached to an aromatic ring is 2.